The Morgan fingerprint density at radius 2 is 2.07 bits per heavy atom. The molecule has 0 spiro atoms. The van der Waals surface area contributed by atoms with E-state index in [9.17, 15) is 0 Å². The van der Waals surface area contributed by atoms with Gasteiger partial charge in [0, 0.05) is 44.2 Å². The van der Waals surface area contributed by atoms with Gasteiger partial charge in [0.1, 0.15) is 6.10 Å². The predicted octanol–water partition coefficient (Wildman–Crippen LogP) is 2.36. The zero-order chi connectivity index (χ0) is 20.8. The quantitative estimate of drug-likeness (QED) is 0.546. The second-order valence-electron chi connectivity index (χ2n) is 8.31. The number of thiophene rings is 1. The predicted molar refractivity (Wildman–Crippen MR) is 120 cm³/mol. The van der Waals surface area contributed by atoms with Crippen LogP contribution in [0.15, 0.2) is 22.5 Å². The van der Waals surface area contributed by atoms with Crippen molar-refractivity contribution in [2.75, 3.05) is 59.1 Å². The summed E-state index contributed by atoms with van der Waals surface area (Å²) in [6.45, 7) is 11.9. The number of nitrogens with one attached hydrogen (secondary N) is 1. The maximum absolute atomic E-state index is 6.04. The Hall–Kier alpha value is -1.19. The zero-order valence-electron chi connectivity index (χ0n) is 18.3. The van der Waals surface area contributed by atoms with Crippen LogP contribution in [0, 0.1) is 0 Å². The van der Waals surface area contributed by atoms with E-state index in [2.05, 4.69) is 46.5 Å². The molecule has 1 N–H and O–H groups in total. The number of hydrogen-bond donors (Lipinski definition) is 1. The van der Waals surface area contributed by atoms with Crippen molar-refractivity contribution in [2.24, 2.45) is 4.99 Å². The fourth-order valence-corrected chi connectivity index (χ4v) is 5.43. The van der Waals surface area contributed by atoms with E-state index in [1.165, 1.54) is 4.88 Å². The summed E-state index contributed by atoms with van der Waals surface area (Å²) in [5.74, 6) is 0.992. The third kappa shape index (κ3) is 5.53. The minimum Gasteiger partial charge on any atom is -0.376 e. The van der Waals surface area contributed by atoms with Gasteiger partial charge in [0.15, 0.2) is 5.96 Å². The van der Waals surface area contributed by atoms with Gasteiger partial charge in [-0.05, 0) is 38.1 Å². The summed E-state index contributed by atoms with van der Waals surface area (Å²) in [7, 11) is 0. The third-order valence-electron chi connectivity index (χ3n) is 6.11. The molecule has 4 atom stereocenters. The zero-order valence-corrected chi connectivity index (χ0v) is 19.1. The van der Waals surface area contributed by atoms with Crippen LogP contribution in [0.3, 0.4) is 0 Å². The molecule has 168 valence electrons. The molecule has 0 aromatic carbocycles. The van der Waals surface area contributed by atoms with Crippen LogP contribution in [0.1, 0.15) is 37.6 Å². The van der Waals surface area contributed by atoms with Gasteiger partial charge in [-0.25, -0.2) is 0 Å². The highest BCUT2D eigenvalue weighted by Gasteiger charge is 2.32. The van der Waals surface area contributed by atoms with Gasteiger partial charge in [-0.2, -0.15) is 0 Å². The van der Waals surface area contributed by atoms with Gasteiger partial charge >= 0.3 is 0 Å². The summed E-state index contributed by atoms with van der Waals surface area (Å²) in [4.78, 5) is 11.4. The van der Waals surface area contributed by atoms with E-state index in [1.807, 2.05) is 11.3 Å². The highest BCUT2D eigenvalue weighted by atomic mass is 32.1. The molecule has 4 unspecified atom stereocenters. The molecule has 7 nitrogen and oxygen atoms in total. The topological polar surface area (TPSA) is 58.6 Å². The lowest BCUT2D eigenvalue weighted by atomic mass is 10.1. The van der Waals surface area contributed by atoms with E-state index in [0.29, 0.717) is 6.04 Å². The highest BCUT2D eigenvalue weighted by molar-refractivity contribution is 7.10. The molecule has 0 radical (unpaired) electrons. The Bertz CT molecular complexity index is 665. The fourth-order valence-electron chi connectivity index (χ4n) is 4.58. The maximum atomic E-state index is 6.04. The lowest BCUT2D eigenvalue weighted by molar-refractivity contribution is -0.0817. The molecule has 0 saturated carbocycles. The van der Waals surface area contributed by atoms with Crippen LogP contribution in [0.25, 0.3) is 0 Å². The molecular weight excluding hydrogens is 400 g/mol. The molecule has 0 amide bonds. The van der Waals surface area contributed by atoms with Crippen molar-refractivity contribution in [3.8, 4) is 0 Å². The molecule has 3 saturated heterocycles. The van der Waals surface area contributed by atoms with Crippen LogP contribution in [-0.4, -0.2) is 93.2 Å². The Kier molecular flexibility index (Phi) is 8.01. The number of guanidine groups is 1. The van der Waals surface area contributed by atoms with Crippen LogP contribution < -0.4 is 5.32 Å². The van der Waals surface area contributed by atoms with Crippen molar-refractivity contribution >= 4 is 17.3 Å². The Morgan fingerprint density at radius 1 is 1.20 bits per heavy atom. The molecule has 3 aliphatic rings. The first kappa shape index (κ1) is 22.0. The Morgan fingerprint density at radius 3 is 2.80 bits per heavy atom. The van der Waals surface area contributed by atoms with Crippen LogP contribution in [0.2, 0.25) is 0 Å². The molecule has 1 aromatic rings. The number of aliphatic imine (C=N–C) groups is 1. The highest BCUT2D eigenvalue weighted by Crippen LogP contribution is 2.27. The number of rotatable bonds is 6. The van der Waals surface area contributed by atoms with Gasteiger partial charge in [0.05, 0.1) is 38.0 Å². The average Bonchev–Trinajstić information content (AvgIpc) is 3.48. The molecule has 8 heteroatoms. The molecule has 4 heterocycles. The maximum Gasteiger partial charge on any atom is 0.194 e. The average molecular weight is 437 g/mol. The molecule has 3 fully saturated rings. The second-order valence-corrected chi connectivity index (χ2v) is 9.29. The number of ether oxygens (including phenoxy) is 3. The minimum atomic E-state index is 0.137. The third-order valence-corrected chi connectivity index (χ3v) is 7.08. The first-order chi connectivity index (χ1) is 14.7. The van der Waals surface area contributed by atoms with E-state index in [0.717, 1.165) is 77.9 Å². The van der Waals surface area contributed by atoms with Crippen LogP contribution in [0.4, 0.5) is 0 Å². The van der Waals surface area contributed by atoms with Crippen LogP contribution >= 0.6 is 11.3 Å². The summed E-state index contributed by atoms with van der Waals surface area (Å²) in [6.07, 6.45) is 2.87. The summed E-state index contributed by atoms with van der Waals surface area (Å²) >= 11 is 1.82. The van der Waals surface area contributed by atoms with Gasteiger partial charge in [-0.3, -0.25) is 9.89 Å². The van der Waals surface area contributed by atoms with E-state index >= 15 is 0 Å². The van der Waals surface area contributed by atoms with E-state index in [1.54, 1.807) is 0 Å². The van der Waals surface area contributed by atoms with Crippen molar-refractivity contribution < 1.29 is 14.2 Å². The van der Waals surface area contributed by atoms with Crippen molar-refractivity contribution in [2.45, 2.75) is 51.0 Å². The normalized spacial score (nSPS) is 29.9. The molecule has 1 aromatic heterocycles. The molecule has 30 heavy (non-hydrogen) atoms. The van der Waals surface area contributed by atoms with E-state index < -0.39 is 0 Å². The van der Waals surface area contributed by atoms with Crippen molar-refractivity contribution in [3.63, 3.8) is 0 Å². The molecule has 4 rings (SSSR count). The van der Waals surface area contributed by atoms with Gasteiger partial charge < -0.3 is 24.4 Å². The number of morpholine rings is 2. The van der Waals surface area contributed by atoms with Crippen molar-refractivity contribution in [1.29, 1.82) is 0 Å². The first-order valence-corrected chi connectivity index (χ1v) is 12.3. The summed E-state index contributed by atoms with van der Waals surface area (Å²) in [6, 6.07) is 4.67. The van der Waals surface area contributed by atoms with Gasteiger partial charge in [-0.15, -0.1) is 11.3 Å². The number of nitrogens with zero attached hydrogens (tertiary/aromatic N) is 3. The summed E-state index contributed by atoms with van der Waals surface area (Å²) in [5, 5.41) is 5.68. The Balaban J connectivity index is 1.46. The van der Waals surface area contributed by atoms with Gasteiger partial charge in [0.25, 0.3) is 0 Å². The lowest BCUT2D eigenvalue weighted by Gasteiger charge is -2.38. The molecule has 3 aliphatic heterocycles. The molecule has 0 bridgehead atoms. The molecular formula is C22H36N4O3S. The van der Waals surface area contributed by atoms with Crippen molar-refractivity contribution in [1.82, 2.24) is 15.1 Å². The molecule has 0 aliphatic carbocycles. The van der Waals surface area contributed by atoms with Crippen LogP contribution in [0.5, 0.6) is 0 Å². The monoisotopic (exact) mass is 436 g/mol. The van der Waals surface area contributed by atoms with Gasteiger partial charge in [0.2, 0.25) is 0 Å². The van der Waals surface area contributed by atoms with Crippen LogP contribution in [-0.2, 0) is 14.2 Å². The largest absolute Gasteiger partial charge is 0.376 e. The van der Waals surface area contributed by atoms with Crippen molar-refractivity contribution in [3.05, 3.63) is 22.4 Å². The summed E-state index contributed by atoms with van der Waals surface area (Å²) in [5.41, 5.74) is 0. The van der Waals surface area contributed by atoms with Gasteiger partial charge in [-0.1, -0.05) is 6.07 Å². The first-order valence-electron chi connectivity index (χ1n) is 11.4. The van der Waals surface area contributed by atoms with E-state index in [4.69, 9.17) is 19.2 Å². The lowest BCUT2D eigenvalue weighted by Crippen LogP contribution is -2.53. The summed E-state index contributed by atoms with van der Waals surface area (Å²) < 4.78 is 17.7. The standard InChI is InChI=1S/C22H36N4O3S/c1-3-23-22(26-9-12-29-20(16-26)19-6-4-10-28-19)24-14-18(21-7-5-13-30-21)25-8-11-27-17(2)15-25/h5,7,13,17-20H,3-4,6,8-12,14-16H2,1-2H3,(H,23,24). The second kappa shape index (κ2) is 10.9. The minimum absolute atomic E-state index is 0.137. The smallest absolute Gasteiger partial charge is 0.194 e. The van der Waals surface area contributed by atoms with E-state index in [-0.39, 0.29) is 18.3 Å². The Labute approximate surface area is 184 Å². The number of hydrogen-bond acceptors (Lipinski definition) is 6. The SMILES string of the molecule is CCNC(=NCC(c1cccs1)N1CCOC(C)C1)N1CCOC(C2CCCO2)C1. The fraction of sp³-hybridized carbons (Fsp3) is 0.773.